The van der Waals surface area contributed by atoms with Crippen molar-refractivity contribution in [3.05, 3.63) is 36.3 Å². The number of aromatic nitrogens is 2. The summed E-state index contributed by atoms with van der Waals surface area (Å²) in [5.41, 5.74) is 0.512. The first-order valence-electron chi connectivity index (χ1n) is 9.36. The van der Waals surface area contributed by atoms with E-state index in [4.69, 9.17) is 9.47 Å². The van der Waals surface area contributed by atoms with Gasteiger partial charge in [0.25, 0.3) is 5.91 Å². The van der Waals surface area contributed by atoms with Crippen LogP contribution < -0.4 is 13.8 Å². The molecule has 8 nitrogen and oxygen atoms in total. The van der Waals surface area contributed by atoms with Gasteiger partial charge in [0, 0.05) is 20.1 Å². The Labute approximate surface area is 167 Å². The van der Waals surface area contributed by atoms with Crippen molar-refractivity contribution in [1.29, 1.82) is 0 Å². The summed E-state index contributed by atoms with van der Waals surface area (Å²) in [6.45, 7) is 3.68. The van der Waals surface area contributed by atoms with Crippen LogP contribution in [0.3, 0.4) is 0 Å². The molecule has 3 rings (SSSR count). The van der Waals surface area contributed by atoms with E-state index >= 15 is 0 Å². The van der Waals surface area contributed by atoms with Gasteiger partial charge in [-0.3, -0.25) is 9.10 Å². The molecule has 2 aromatic rings. The van der Waals surface area contributed by atoms with Gasteiger partial charge in [-0.15, -0.1) is 0 Å². The van der Waals surface area contributed by atoms with Crippen LogP contribution in [0.1, 0.15) is 36.7 Å². The first-order chi connectivity index (χ1) is 13.6. The van der Waals surface area contributed by atoms with Crippen molar-refractivity contribution in [2.45, 2.75) is 32.7 Å². The molecule has 0 radical (unpaired) electrons. The third-order valence-corrected chi connectivity index (χ3v) is 5.88. The largest absolute Gasteiger partial charge is 0.497 e. The zero-order chi connectivity index (χ0) is 20.1. The number of benzene rings is 1. The number of amides is 1. The summed E-state index contributed by atoms with van der Waals surface area (Å²) in [5.74, 6) is 1.81. The third kappa shape index (κ3) is 4.14. The van der Waals surface area contributed by atoms with Crippen LogP contribution in [0.5, 0.6) is 11.5 Å². The third-order valence-electron chi connectivity index (χ3n) is 4.52. The molecular formula is C19H26N4O4S. The van der Waals surface area contributed by atoms with Gasteiger partial charge in [0.05, 0.1) is 20.0 Å². The number of anilines is 1. The maximum Gasteiger partial charge on any atom is 0.287 e. The molecular weight excluding hydrogens is 380 g/mol. The summed E-state index contributed by atoms with van der Waals surface area (Å²) in [6, 6.07) is 7.40. The number of rotatable bonds is 9. The standard InChI is InChI=1S/C19H26N4O4S/c1-4-11-22-14-20-18-17(22)19(24)23(28(25)21(18)2)12-5-6-13-27-16-9-7-15(26-3)8-10-16/h7-10,14H,4-6,11-13H2,1-3H3. The highest BCUT2D eigenvalue weighted by molar-refractivity contribution is 7.84. The molecule has 9 heteroatoms. The van der Waals surface area contributed by atoms with Gasteiger partial charge in [-0.1, -0.05) is 6.92 Å². The van der Waals surface area contributed by atoms with Crippen LogP contribution in [0.4, 0.5) is 5.82 Å². The number of methoxy groups -OCH3 is 1. The predicted octanol–water partition coefficient (Wildman–Crippen LogP) is 2.63. The molecule has 1 aromatic carbocycles. The van der Waals surface area contributed by atoms with Crippen LogP contribution in [0.25, 0.3) is 0 Å². The average molecular weight is 407 g/mol. The van der Waals surface area contributed by atoms with Gasteiger partial charge < -0.3 is 14.0 Å². The lowest BCUT2D eigenvalue weighted by Gasteiger charge is -2.31. The summed E-state index contributed by atoms with van der Waals surface area (Å²) >= 11 is -1.56. The Morgan fingerprint density at radius 1 is 1.11 bits per heavy atom. The van der Waals surface area contributed by atoms with Gasteiger partial charge in [-0.2, -0.15) is 0 Å². The van der Waals surface area contributed by atoms with Gasteiger partial charge in [-0.05, 0) is 43.5 Å². The number of imidazole rings is 1. The molecule has 28 heavy (non-hydrogen) atoms. The highest BCUT2D eigenvalue weighted by Gasteiger charge is 2.37. The van der Waals surface area contributed by atoms with Crippen molar-refractivity contribution < 1.29 is 18.5 Å². The number of carbonyl (C=O) groups is 1. The molecule has 1 unspecified atom stereocenters. The smallest absolute Gasteiger partial charge is 0.287 e. The maximum atomic E-state index is 12.9. The van der Waals surface area contributed by atoms with Crippen LogP contribution in [0, 0.1) is 0 Å². The summed E-state index contributed by atoms with van der Waals surface area (Å²) in [6.07, 6.45) is 3.98. The number of ether oxygens (including phenoxy) is 2. The molecule has 0 N–H and O–H groups in total. The van der Waals surface area contributed by atoms with E-state index < -0.39 is 11.2 Å². The Morgan fingerprint density at radius 3 is 2.50 bits per heavy atom. The topological polar surface area (TPSA) is 76.9 Å². The number of nitrogens with zero attached hydrogens (tertiary/aromatic N) is 4. The maximum absolute atomic E-state index is 12.9. The van der Waals surface area contributed by atoms with Gasteiger partial charge in [0.15, 0.2) is 11.5 Å². The normalized spacial score (nSPS) is 16.2. The second-order valence-electron chi connectivity index (χ2n) is 6.48. The van der Waals surface area contributed by atoms with Crippen LogP contribution in [-0.4, -0.2) is 51.3 Å². The number of hydrogen-bond donors (Lipinski definition) is 0. The van der Waals surface area contributed by atoms with Crippen molar-refractivity contribution in [1.82, 2.24) is 13.9 Å². The molecule has 0 bridgehead atoms. The quantitative estimate of drug-likeness (QED) is 0.599. The van der Waals surface area contributed by atoms with E-state index in [-0.39, 0.29) is 5.91 Å². The minimum absolute atomic E-state index is 0.228. The fourth-order valence-electron chi connectivity index (χ4n) is 3.04. The van der Waals surface area contributed by atoms with Crippen molar-refractivity contribution >= 4 is 22.9 Å². The summed E-state index contributed by atoms with van der Waals surface area (Å²) in [5, 5.41) is 0. The van der Waals surface area contributed by atoms with E-state index in [1.807, 2.05) is 35.8 Å². The molecule has 152 valence electrons. The van der Waals surface area contributed by atoms with Gasteiger partial charge in [0.2, 0.25) is 11.2 Å². The van der Waals surface area contributed by atoms with Gasteiger partial charge in [0.1, 0.15) is 11.5 Å². The van der Waals surface area contributed by atoms with E-state index in [1.54, 1.807) is 24.8 Å². The second kappa shape index (κ2) is 9.09. The molecule has 0 saturated carbocycles. The van der Waals surface area contributed by atoms with E-state index in [9.17, 15) is 9.00 Å². The lowest BCUT2D eigenvalue weighted by Crippen LogP contribution is -2.46. The van der Waals surface area contributed by atoms with Crippen molar-refractivity contribution in [3.8, 4) is 11.5 Å². The fourth-order valence-corrected chi connectivity index (χ4v) is 4.13. The number of unbranched alkanes of at least 4 members (excludes halogenated alkanes) is 1. The van der Waals surface area contributed by atoms with Crippen LogP contribution in [0.15, 0.2) is 30.6 Å². The Hall–Kier alpha value is -2.55. The first-order valence-corrected chi connectivity index (χ1v) is 10.4. The molecule has 0 spiro atoms. The van der Waals surface area contributed by atoms with Crippen LogP contribution in [-0.2, 0) is 17.7 Å². The van der Waals surface area contributed by atoms with Gasteiger partial charge in [-0.25, -0.2) is 13.5 Å². The number of hydrogen-bond acceptors (Lipinski definition) is 5. The van der Waals surface area contributed by atoms with E-state index in [0.29, 0.717) is 37.6 Å². The number of aryl methyl sites for hydroxylation is 1. The molecule has 0 saturated heterocycles. The minimum atomic E-state index is -1.56. The Bertz CT molecular complexity index is 837. The van der Waals surface area contributed by atoms with E-state index in [1.165, 1.54) is 4.31 Å². The Balaban J connectivity index is 1.54. The Kier molecular flexibility index (Phi) is 6.56. The van der Waals surface area contributed by atoms with Crippen LogP contribution >= 0.6 is 0 Å². The van der Waals surface area contributed by atoms with Crippen LogP contribution in [0.2, 0.25) is 0 Å². The number of fused-ring (bicyclic) bond motifs is 1. The van der Waals surface area contributed by atoms with Crippen molar-refractivity contribution in [3.63, 3.8) is 0 Å². The molecule has 1 aliphatic heterocycles. The predicted molar refractivity (Wildman–Crippen MR) is 108 cm³/mol. The summed E-state index contributed by atoms with van der Waals surface area (Å²) in [7, 11) is 3.32. The molecule has 1 aliphatic rings. The van der Waals surface area contributed by atoms with Gasteiger partial charge >= 0.3 is 0 Å². The lowest BCUT2D eigenvalue weighted by molar-refractivity contribution is 0.0850. The Morgan fingerprint density at radius 2 is 1.82 bits per heavy atom. The van der Waals surface area contributed by atoms with E-state index in [2.05, 4.69) is 4.98 Å². The summed E-state index contributed by atoms with van der Waals surface area (Å²) in [4.78, 5) is 17.1. The highest BCUT2D eigenvalue weighted by atomic mass is 32.2. The van der Waals surface area contributed by atoms with E-state index in [0.717, 1.165) is 24.3 Å². The summed E-state index contributed by atoms with van der Waals surface area (Å²) < 4.78 is 28.3. The minimum Gasteiger partial charge on any atom is -0.497 e. The molecule has 0 aliphatic carbocycles. The lowest BCUT2D eigenvalue weighted by atomic mass is 10.3. The molecule has 1 atom stereocenters. The van der Waals surface area contributed by atoms with Crippen molar-refractivity contribution in [2.24, 2.45) is 0 Å². The number of carbonyl (C=O) groups excluding carboxylic acids is 1. The highest BCUT2D eigenvalue weighted by Crippen LogP contribution is 2.28. The first kappa shape index (κ1) is 20.2. The fraction of sp³-hybridized carbons (Fsp3) is 0.474. The second-order valence-corrected chi connectivity index (χ2v) is 7.93. The average Bonchev–Trinajstić information content (AvgIpc) is 3.13. The monoisotopic (exact) mass is 406 g/mol. The zero-order valence-electron chi connectivity index (χ0n) is 16.5. The molecule has 2 heterocycles. The molecule has 1 amide bonds. The van der Waals surface area contributed by atoms with Crippen molar-refractivity contribution in [2.75, 3.05) is 31.6 Å². The zero-order valence-corrected chi connectivity index (χ0v) is 17.3. The SMILES string of the molecule is CCCn1cnc2c1C(=O)N(CCCCOc1ccc(OC)cc1)S(=O)N2C. The molecule has 1 aromatic heterocycles. The molecule has 0 fully saturated rings.